The maximum absolute atomic E-state index is 10.3. The average molecular weight is 174 g/mol. The van der Waals surface area contributed by atoms with Gasteiger partial charge >= 0.3 is 7.60 Å². The maximum Gasteiger partial charge on any atom is 0.357 e. The molecule has 0 spiro atoms. The number of halogens is 1. The normalized spacial score (nSPS) is 16.2. The molecule has 0 saturated carbocycles. The number of alkyl halides is 1. The molecule has 4 nitrogen and oxygen atoms in total. The van der Waals surface area contributed by atoms with Crippen LogP contribution in [0.1, 0.15) is 0 Å². The molecule has 0 unspecified atom stereocenters. The lowest BCUT2D eigenvalue weighted by Crippen LogP contribution is -2.21. The highest BCUT2D eigenvalue weighted by Gasteiger charge is 2.27. The topological polar surface area (TPSA) is 60.8 Å². The lowest BCUT2D eigenvalue weighted by Gasteiger charge is -2.17. The van der Waals surface area contributed by atoms with E-state index in [9.17, 15) is 4.57 Å². The smallest absolute Gasteiger partial charge is 0.322 e. The molecule has 0 aliphatic rings. The van der Waals surface area contributed by atoms with Crippen molar-refractivity contribution in [2.45, 2.75) is 5.24 Å². The lowest BCUT2D eigenvalue weighted by atomic mass is 11.0. The van der Waals surface area contributed by atoms with E-state index in [1.165, 1.54) is 19.0 Å². The van der Waals surface area contributed by atoms with Crippen molar-refractivity contribution in [2.75, 3.05) is 14.1 Å². The van der Waals surface area contributed by atoms with Crippen molar-refractivity contribution >= 4 is 19.2 Å². The Morgan fingerprint density at radius 3 is 1.89 bits per heavy atom. The van der Waals surface area contributed by atoms with E-state index in [-0.39, 0.29) is 0 Å². The first-order valence-corrected chi connectivity index (χ1v) is 4.33. The molecule has 0 amide bonds. The van der Waals surface area contributed by atoms with Gasteiger partial charge in [-0.1, -0.05) is 11.6 Å². The fraction of sp³-hybridized carbons (Fsp3) is 1.00. The minimum atomic E-state index is -4.12. The van der Waals surface area contributed by atoms with E-state index in [1.807, 2.05) is 0 Å². The first-order valence-electron chi connectivity index (χ1n) is 2.21. The number of nitrogens with zero attached hydrogens (tertiary/aromatic N) is 1. The van der Waals surface area contributed by atoms with Crippen molar-refractivity contribution in [3.63, 3.8) is 0 Å². The second kappa shape index (κ2) is 2.99. The van der Waals surface area contributed by atoms with Crippen LogP contribution >= 0.6 is 19.2 Å². The molecule has 0 heterocycles. The van der Waals surface area contributed by atoms with Gasteiger partial charge in [0.1, 0.15) is 0 Å². The molecule has 0 aliphatic carbocycles. The van der Waals surface area contributed by atoms with Gasteiger partial charge in [-0.15, -0.1) is 0 Å². The van der Waals surface area contributed by atoms with Crippen LogP contribution in [-0.4, -0.2) is 34.0 Å². The molecule has 0 aromatic rings. The highest BCUT2D eigenvalue weighted by molar-refractivity contribution is 7.54. The zero-order chi connectivity index (χ0) is 7.65. The van der Waals surface area contributed by atoms with E-state index >= 15 is 0 Å². The molecule has 0 aromatic heterocycles. The Kier molecular flexibility index (Phi) is 3.12. The summed E-state index contributed by atoms with van der Waals surface area (Å²) in [7, 11) is -1.13. The van der Waals surface area contributed by atoms with Crippen molar-refractivity contribution < 1.29 is 14.4 Å². The number of rotatable bonds is 2. The summed E-state index contributed by atoms with van der Waals surface area (Å²) >= 11 is 5.25. The molecule has 6 heteroatoms. The minimum Gasteiger partial charge on any atom is -0.322 e. The Bertz CT molecular complexity index is 133. The highest BCUT2D eigenvalue weighted by Crippen LogP contribution is 2.44. The van der Waals surface area contributed by atoms with E-state index in [1.54, 1.807) is 0 Å². The van der Waals surface area contributed by atoms with Crippen molar-refractivity contribution in [3.05, 3.63) is 0 Å². The average Bonchev–Trinajstić information content (AvgIpc) is 1.62. The lowest BCUT2D eigenvalue weighted by molar-refractivity contribution is 0.322. The van der Waals surface area contributed by atoms with E-state index in [0.717, 1.165) is 0 Å². The van der Waals surface area contributed by atoms with Crippen LogP contribution in [0.5, 0.6) is 0 Å². The number of hydrogen-bond acceptors (Lipinski definition) is 2. The third-order valence-electron chi connectivity index (χ3n) is 0.704. The summed E-state index contributed by atoms with van der Waals surface area (Å²) in [6.07, 6.45) is 0. The Morgan fingerprint density at radius 1 is 1.56 bits per heavy atom. The molecule has 0 rings (SSSR count). The van der Waals surface area contributed by atoms with E-state index < -0.39 is 12.8 Å². The SMILES string of the molecule is CN(C)[C@H](Cl)P(=O)(O)O. The van der Waals surface area contributed by atoms with Crippen LogP contribution in [0.2, 0.25) is 0 Å². The summed E-state index contributed by atoms with van der Waals surface area (Å²) in [5, 5.41) is -1.21. The molecular weight excluding hydrogens is 164 g/mol. The molecule has 2 N–H and O–H groups in total. The molecule has 0 radical (unpaired) electrons. The molecule has 0 fully saturated rings. The first kappa shape index (κ1) is 9.40. The molecule has 9 heavy (non-hydrogen) atoms. The van der Waals surface area contributed by atoms with Gasteiger partial charge < -0.3 is 9.79 Å². The Labute approximate surface area is 58.6 Å². The Balaban J connectivity index is 4.05. The van der Waals surface area contributed by atoms with Gasteiger partial charge in [-0.2, -0.15) is 0 Å². The van der Waals surface area contributed by atoms with Gasteiger partial charge in [-0.05, 0) is 14.1 Å². The van der Waals surface area contributed by atoms with Gasteiger partial charge in [0.15, 0.2) is 5.24 Å². The molecule has 0 saturated heterocycles. The second-order valence-corrected chi connectivity index (χ2v) is 4.25. The van der Waals surface area contributed by atoms with Gasteiger partial charge in [0.2, 0.25) is 0 Å². The standard InChI is InChI=1S/C3H9ClNO3P/c1-5(2)3(4)9(6,7)8/h3H,1-2H3,(H2,6,7,8)/t3-/m0/s1. The van der Waals surface area contributed by atoms with Crippen LogP contribution < -0.4 is 0 Å². The monoisotopic (exact) mass is 173 g/mol. The van der Waals surface area contributed by atoms with Gasteiger partial charge in [-0.3, -0.25) is 9.46 Å². The second-order valence-electron chi connectivity index (χ2n) is 1.86. The van der Waals surface area contributed by atoms with Crippen molar-refractivity contribution in [1.82, 2.24) is 4.90 Å². The maximum atomic E-state index is 10.3. The molecular formula is C3H9ClNO3P. The summed E-state index contributed by atoms with van der Waals surface area (Å²) in [5.41, 5.74) is 0. The Hall–Kier alpha value is 0.400. The predicted octanol–water partition coefficient (Wildman–Crippen LogP) is 0.248. The van der Waals surface area contributed by atoms with E-state index in [2.05, 4.69) is 0 Å². The molecule has 0 aliphatic heterocycles. The summed E-state index contributed by atoms with van der Waals surface area (Å²) in [5.74, 6) is 0. The predicted molar refractivity (Wildman–Crippen MR) is 35.4 cm³/mol. The molecule has 0 bridgehead atoms. The fourth-order valence-electron chi connectivity index (χ4n) is 0.301. The van der Waals surface area contributed by atoms with Crippen LogP contribution in [-0.2, 0) is 4.57 Å². The third-order valence-corrected chi connectivity index (χ3v) is 2.87. The van der Waals surface area contributed by atoms with Crippen molar-refractivity contribution in [1.29, 1.82) is 0 Å². The van der Waals surface area contributed by atoms with Crippen LogP contribution in [0.25, 0.3) is 0 Å². The van der Waals surface area contributed by atoms with Crippen molar-refractivity contribution in [3.8, 4) is 0 Å². The molecule has 0 aromatic carbocycles. The summed E-state index contributed by atoms with van der Waals surface area (Å²) in [6, 6.07) is 0. The zero-order valence-electron chi connectivity index (χ0n) is 5.15. The molecule has 1 atom stereocenters. The summed E-state index contributed by atoms with van der Waals surface area (Å²) < 4.78 is 10.3. The fourth-order valence-corrected chi connectivity index (χ4v) is 0.903. The number of hydrogen-bond donors (Lipinski definition) is 2. The van der Waals surface area contributed by atoms with Crippen LogP contribution in [0.15, 0.2) is 0 Å². The van der Waals surface area contributed by atoms with Gasteiger partial charge in [0.25, 0.3) is 0 Å². The minimum absolute atomic E-state index is 1.21. The van der Waals surface area contributed by atoms with Crippen LogP contribution in [0.4, 0.5) is 0 Å². The van der Waals surface area contributed by atoms with Gasteiger partial charge in [0.05, 0.1) is 0 Å². The quantitative estimate of drug-likeness (QED) is 0.357. The van der Waals surface area contributed by atoms with Crippen LogP contribution in [0, 0.1) is 0 Å². The summed E-state index contributed by atoms with van der Waals surface area (Å²) in [4.78, 5) is 18.0. The first-order chi connectivity index (χ1) is 3.85. The van der Waals surface area contributed by atoms with E-state index in [4.69, 9.17) is 21.4 Å². The largest absolute Gasteiger partial charge is 0.357 e. The van der Waals surface area contributed by atoms with E-state index in [0.29, 0.717) is 0 Å². The third kappa shape index (κ3) is 3.18. The van der Waals surface area contributed by atoms with Crippen LogP contribution in [0.3, 0.4) is 0 Å². The Morgan fingerprint density at radius 2 is 1.89 bits per heavy atom. The van der Waals surface area contributed by atoms with Gasteiger partial charge in [-0.25, -0.2) is 0 Å². The van der Waals surface area contributed by atoms with Gasteiger partial charge in [0, 0.05) is 0 Å². The van der Waals surface area contributed by atoms with Crippen molar-refractivity contribution in [2.24, 2.45) is 0 Å². The highest BCUT2D eigenvalue weighted by atomic mass is 35.5. The molecule has 56 valence electrons. The zero-order valence-corrected chi connectivity index (χ0v) is 6.80. The summed E-state index contributed by atoms with van der Waals surface area (Å²) in [6.45, 7) is 0.